The van der Waals surface area contributed by atoms with E-state index < -0.39 is 112 Å². The molecule has 1 saturated carbocycles. The van der Waals surface area contributed by atoms with Crippen molar-refractivity contribution in [2.24, 2.45) is 0 Å². The number of alkyl halides is 11. The summed E-state index contributed by atoms with van der Waals surface area (Å²) in [6.45, 7) is 2.69. The summed E-state index contributed by atoms with van der Waals surface area (Å²) in [6.07, 6.45) is -10.3. The van der Waals surface area contributed by atoms with E-state index in [0.29, 0.717) is 79.1 Å². The van der Waals surface area contributed by atoms with Gasteiger partial charge >= 0.3 is 24.5 Å². The molecule has 0 bridgehead atoms. The van der Waals surface area contributed by atoms with Crippen LogP contribution in [-0.2, 0) is 72.6 Å². The number of carbonyl (C=O) groups excluding carboxylic acids is 3. The van der Waals surface area contributed by atoms with E-state index >= 15 is 0 Å². The maximum atomic E-state index is 13.5. The Balaban J connectivity index is 0.000000196. The number of carbonyl (C=O) groups is 3. The van der Waals surface area contributed by atoms with Gasteiger partial charge in [0, 0.05) is 114 Å². The van der Waals surface area contributed by atoms with Crippen LogP contribution >= 0.6 is 0 Å². The third-order valence-corrected chi connectivity index (χ3v) is 26.0. The molecule has 0 radical (unpaired) electrons. The van der Waals surface area contributed by atoms with Crippen molar-refractivity contribution in [3.8, 4) is 33.8 Å². The molecule has 3 aromatic heterocycles. The van der Waals surface area contributed by atoms with E-state index in [1.807, 2.05) is 4.90 Å². The van der Waals surface area contributed by atoms with E-state index in [9.17, 15) is 98.3 Å². The molecule has 4 aliphatic rings. The predicted octanol–water partition coefficient (Wildman–Crippen LogP) is 9.02. The largest absolute Gasteiger partial charge is 0.453 e. The number of aryl methyl sites for hydroxylation is 3. The standard InChI is InChI=1S/C22H27F3N4O5S.C22H25F3N4O4S.C21H21F5N2O5S/c1-34-13-12-29-10-8-21(9-11-29,20(30)28-31)35(32,33)18-4-2-16(3-5-18)19-15-26-17(14-27-19)6-7-22(23,24)25;23-22(24,25)8-7-16-13-27-19(14-26-16)15-1-5-18(6-2-15)34(32,33)21(20(30)28-31)9-11-29(12-10-21)17-3-4-17;22-20(23,21(24,25)26)8-7-14-1-6-17(27-13-14)15-2-4-16(5-3-15)34(31,32)19(18(29)28-30)9-11-33-12-10-19/h2-5,14-15,31H,6-13H2,1H3,(H,28,30);1-2,5-6,13-14,17,31H,3-4,7-12H2,(H,28,30);1-6,13,30H,7-12H2,(H,28,29). The van der Waals surface area contributed by atoms with E-state index in [4.69, 9.17) is 14.7 Å². The first-order valence-electron chi connectivity index (χ1n) is 32.0. The Hall–Kier alpha value is -7.82. The van der Waals surface area contributed by atoms with Crippen LogP contribution in [0.5, 0.6) is 0 Å². The van der Waals surface area contributed by atoms with E-state index in [0.717, 1.165) is 12.8 Å². The molecule has 562 valence electrons. The highest BCUT2D eigenvalue weighted by atomic mass is 32.2. The molecule has 6 N–H and O–H groups in total. The second-order valence-electron chi connectivity index (χ2n) is 24.9. The van der Waals surface area contributed by atoms with E-state index in [2.05, 4.69) is 29.8 Å². The zero-order chi connectivity index (χ0) is 75.5. The highest BCUT2D eigenvalue weighted by Crippen LogP contribution is 2.43. The lowest BCUT2D eigenvalue weighted by atomic mass is 9.94. The van der Waals surface area contributed by atoms with Crippen molar-refractivity contribution in [1.29, 1.82) is 0 Å². The number of nitrogens with zero attached hydrogens (tertiary/aromatic N) is 7. The minimum Gasteiger partial charge on any atom is -0.383 e. The van der Waals surface area contributed by atoms with Crippen molar-refractivity contribution < 1.29 is 113 Å². The molecule has 1 aliphatic carbocycles. The number of hydrogen-bond donors (Lipinski definition) is 6. The Morgan fingerprint density at radius 1 is 0.495 bits per heavy atom. The molecule has 10 rings (SSSR count). The molecule has 103 heavy (non-hydrogen) atoms. The summed E-state index contributed by atoms with van der Waals surface area (Å²) in [6, 6.07) is 20.0. The zero-order valence-electron chi connectivity index (χ0n) is 54.9. The SMILES string of the molecule is COCCN1CCC(C(=O)NO)(S(=O)(=O)c2ccc(-c3cnc(CCC(F)(F)F)cn3)cc2)CC1.O=C(NO)C1(S(=O)(=O)c2ccc(-c3ccc(CCC(F)(F)C(F)(F)F)cn3)cc2)CCOCC1.O=C(NO)C1(S(=O)(=O)c2ccc(-c3cnc(CCC(F)(F)F)cn3)cc2)CCN(C2CC2)CC1. The summed E-state index contributed by atoms with van der Waals surface area (Å²) in [4.78, 5) is 61.7. The number of methoxy groups -OCH3 is 1. The summed E-state index contributed by atoms with van der Waals surface area (Å²) in [5.74, 6) is -7.77. The zero-order valence-corrected chi connectivity index (χ0v) is 57.4. The Morgan fingerprint density at radius 2 is 0.874 bits per heavy atom. The van der Waals surface area contributed by atoms with Crippen molar-refractivity contribution in [3.05, 3.63) is 133 Å². The van der Waals surface area contributed by atoms with Gasteiger partial charge in [-0.3, -0.25) is 54.9 Å². The number of benzene rings is 3. The average Bonchev–Trinajstić information content (AvgIpc) is 1.61. The highest BCUT2D eigenvalue weighted by molar-refractivity contribution is 7.94. The number of hydrogen-bond acceptors (Lipinski definition) is 21. The first-order chi connectivity index (χ1) is 48.4. The Bertz CT molecular complexity index is 4200. The lowest BCUT2D eigenvalue weighted by Gasteiger charge is -2.39. The van der Waals surface area contributed by atoms with Crippen LogP contribution in [0.15, 0.2) is 131 Å². The summed E-state index contributed by atoms with van der Waals surface area (Å²) in [7, 11) is -11.0. The highest BCUT2D eigenvalue weighted by Gasteiger charge is 2.58. The normalized spacial score (nSPS) is 17.5. The van der Waals surface area contributed by atoms with Gasteiger partial charge in [-0.05, 0) is 119 Å². The molecule has 38 heteroatoms. The van der Waals surface area contributed by atoms with Gasteiger partial charge in [0.05, 0.1) is 62.2 Å². The van der Waals surface area contributed by atoms with Crippen molar-refractivity contribution in [3.63, 3.8) is 0 Å². The fourth-order valence-corrected chi connectivity index (χ4v) is 17.8. The monoisotopic (exact) mass is 1520 g/mol. The third-order valence-electron chi connectivity index (χ3n) is 18.4. The van der Waals surface area contributed by atoms with Gasteiger partial charge in [0.1, 0.15) is 0 Å². The fraction of sp³-hybridized carbons (Fsp3) is 0.477. The van der Waals surface area contributed by atoms with Gasteiger partial charge in [0.15, 0.2) is 43.8 Å². The van der Waals surface area contributed by atoms with Gasteiger partial charge in [-0.2, -0.15) is 48.3 Å². The number of sulfone groups is 3. The second-order valence-corrected chi connectivity index (χ2v) is 31.7. The maximum Gasteiger partial charge on any atom is 0.453 e. The summed E-state index contributed by atoms with van der Waals surface area (Å²) < 4.78 is 223. The van der Waals surface area contributed by atoms with Gasteiger partial charge < -0.3 is 19.3 Å². The first kappa shape index (κ1) is 80.9. The van der Waals surface area contributed by atoms with Crippen LogP contribution in [0.3, 0.4) is 0 Å². The van der Waals surface area contributed by atoms with Gasteiger partial charge in [0.25, 0.3) is 17.7 Å². The molecule has 3 saturated heterocycles. The molecular weight excluding hydrogens is 1450 g/mol. The van der Waals surface area contributed by atoms with Crippen LogP contribution in [0, 0.1) is 0 Å². The Morgan fingerprint density at radius 3 is 1.20 bits per heavy atom. The minimum atomic E-state index is -5.62. The molecule has 3 amide bonds. The predicted molar refractivity (Wildman–Crippen MR) is 344 cm³/mol. The van der Waals surface area contributed by atoms with Crippen molar-refractivity contribution in [1.82, 2.24) is 51.2 Å². The van der Waals surface area contributed by atoms with Crippen molar-refractivity contribution in [2.75, 3.05) is 59.7 Å². The molecular formula is C65H73F11N10O14S3. The Kier molecular flexibility index (Phi) is 26.0. The quantitative estimate of drug-likeness (QED) is 0.0198. The minimum absolute atomic E-state index is 0.00193. The van der Waals surface area contributed by atoms with E-state index in [-0.39, 0.29) is 96.2 Å². The van der Waals surface area contributed by atoms with Crippen LogP contribution in [0.25, 0.3) is 33.8 Å². The molecule has 0 unspecified atom stereocenters. The fourth-order valence-electron chi connectivity index (χ4n) is 12.0. The molecule has 6 heterocycles. The number of aromatic nitrogens is 5. The summed E-state index contributed by atoms with van der Waals surface area (Å²) in [5, 5.41) is 27.7. The number of likely N-dealkylation sites (tertiary alicyclic amines) is 2. The molecule has 4 fully saturated rings. The number of halogens is 11. The second kappa shape index (κ2) is 33.1. The molecule has 3 aromatic carbocycles. The first-order valence-corrected chi connectivity index (χ1v) is 36.4. The third kappa shape index (κ3) is 19.0. The number of hydroxylamine groups is 3. The van der Waals surface area contributed by atoms with Crippen LogP contribution in [0.2, 0.25) is 0 Å². The summed E-state index contributed by atoms with van der Waals surface area (Å²) >= 11 is 0. The number of piperidine rings is 2. The van der Waals surface area contributed by atoms with Gasteiger partial charge in [-0.15, -0.1) is 0 Å². The van der Waals surface area contributed by atoms with Crippen LogP contribution < -0.4 is 16.4 Å². The summed E-state index contributed by atoms with van der Waals surface area (Å²) in [5.41, 5.74) is 7.64. The van der Waals surface area contributed by atoms with Crippen molar-refractivity contribution in [2.45, 2.75) is 149 Å². The van der Waals surface area contributed by atoms with Gasteiger partial charge in [0.2, 0.25) is 0 Å². The number of rotatable bonds is 23. The number of nitrogens with one attached hydrogen (secondary N) is 3. The molecule has 6 aromatic rings. The maximum absolute atomic E-state index is 13.5. The molecule has 3 aliphatic heterocycles. The number of amides is 3. The Labute approximate surface area is 584 Å². The van der Waals surface area contributed by atoms with E-state index in [1.165, 1.54) is 127 Å². The smallest absolute Gasteiger partial charge is 0.383 e. The van der Waals surface area contributed by atoms with Crippen molar-refractivity contribution >= 4 is 47.2 Å². The van der Waals surface area contributed by atoms with Crippen LogP contribution in [0.4, 0.5) is 48.3 Å². The molecule has 0 spiro atoms. The molecule has 24 nitrogen and oxygen atoms in total. The van der Waals surface area contributed by atoms with Gasteiger partial charge in [-0.1, -0.05) is 42.5 Å². The lowest BCUT2D eigenvalue weighted by molar-refractivity contribution is -0.284. The lowest BCUT2D eigenvalue weighted by Crippen LogP contribution is -2.58. The van der Waals surface area contributed by atoms with E-state index in [1.54, 1.807) is 12.6 Å². The topological polar surface area (TPSA) is 340 Å². The average molecular weight is 1520 g/mol. The van der Waals surface area contributed by atoms with Crippen LogP contribution in [0.1, 0.15) is 87.6 Å². The number of ether oxygens (including phenoxy) is 2. The number of pyridine rings is 1. The van der Waals surface area contributed by atoms with Crippen LogP contribution in [-0.4, -0.2) is 198 Å². The molecule has 0 atom stereocenters. The van der Waals surface area contributed by atoms with Gasteiger partial charge in [-0.25, -0.2) is 41.7 Å².